The van der Waals surface area contributed by atoms with E-state index in [0.717, 1.165) is 23.3 Å². The van der Waals surface area contributed by atoms with Crippen molar-refractivity contribution in [3.8, 4) is 17.0 Å². The van der Waals surface area contributed by atoms with E-state index in [2.05, 4.69) is 78.8 Å². The molecule has 0 aliphatic carbocycles. The molecular weight excluding hydrogens is 320 g/mol. The summed E-state index contributed by atoms with van der Waals surface area (Å²) >= 11 is 0. The standard InChI is InChI=1S/C23H27N2O/c1-25(23-13-12-21(24-23)19-8-4-3-5-9-19)16-14-18(15-17-25)20-10-6-7-11-22(20)26-2/h3-13,18,24H,14-17H2,1-2H3/q+1. The molecule has 2 heterocycles. The number of rotatable bonds is 4. The third-order valence-corrected chi connectivity index (χ3v) is 5.86. The summed E-state index contributed by atoms with van der Waals surface area (Å²) in [7, 11) is 4.12. The van der Waals surface area contributed by atoms with Gasteiger partial charge in [-0.25, -0.2) is 0 Å². The first-order valence-corrected chi connectivity index (χ1v) is 9.42. The molecule has 0 radical (unpaired) electrons. The molecule has 1 aliphatic rings. The average molecular weight is 347 g/mol. The average Bonchev–Trinajstić information content (AvgIpc) is 3.20. The van der Waals surface area contributed by atoms with Crippen LogP contribution >= 0.6 is 0 Å². The number of nitrogens with zero attached hydrogens (tertiary/aromatic N) is 1. The molecule has 2 aromatic carbocycles. The SMILES string of the molecule is COc1ccccc1C1CC[N+](C)(c2ccc(-c3ccccc3)[nH]2)CC1. The van der Waals surface area contributed by atoms with Crippen molar-refractivity contribution in [1.29, 1.82) is 0 Å². The first-order chi connectivity index (χ1) is 12.7. The van der Waals surface area contributed by atoms with Crippen LogP contribution in [0.1, 0.15) is 24.3 Å². The van der Waals surface area contributed by atoms with E-state index in [1.165, 1.54) is 35.5 Å². The van der Waals surface area contributed by atoms with Crippen molar-refractivity contribution in [2.45, 2.75) is 18.8 Å². The molecule has 3 nitrogen and oxygen atoms in total. The number of para-hydroxylation sites is 1. The minimum absolute atomic E-state index is 0.584. The van der Waals surface area contributed by atoms with Gasteiger partial charge in [0.25, 0.3) is 0 Å². The Morgan fingerprint density at radius 2 is 1.58 bits per heavy atom. The Balaban J connectivity index is 1.51. The Kier molecular flexibility index (Phi) is 4.56. The number of H-pyrrole nitrogens is 1. The zero-order valence-electron chi connectivity index (χ0n) is 15.6. The largest absolute Gasteiger partial charge is 0.496 e. The molecule has 26 heavy (non-hydrogen) atoms. The number of likely N-dealkylation sites (tertiary alicyclic amines) is 1. The lowest BCUT2D eigenvalue weighted by Crippen LogP contribution is -2.50. The van der Waals surface area contributed by atoms with E-state index in [1.54, 1.807) is 7.11 Å². The fourth-order valence-corrected chi connectivity index (χ4v) is 4.18. The van der Waals surface area contributed by atoms with Crippen molar-refractivity contribution in [3.63, 3.8) is 0 Å². The maximum Gasteiger partial charge on any atom is 0.205 e. The predicted molar refractivity (Wildman–Crippen MR) is 109 cm³/mol. The van der Waals surface area contributed by atoms with E-state index in [0.29, 0.717) is 5.92 Å². The van der Waals surface area contributed by atoms with Crippen molar-refractivity contribution < 1.29 is 4.74 Å². The monoisotopic (exact) mass is 347 g/mol. The molecule has 0 saturated carbocycles. The summed E-state index contributed by atoms with van der Waals surface area (Å²) in [6, 6.07) is 23.5. The van der Waals surface area contributed by atoms with E-state index < -0.39 is 0 Å². The molecular formula is C23H27N2O+. The Morgan fingerprint density at radius 3 is 2.31 bits per heavy atom. The highest BCUT2D eigenvalue weighted by molar-refractivity contribution is 5.62. The van der Waals surface area contributed by atoms with Crippen LogP contribution in [-0.4, -0.2) is 32.2 Å². The van der Waals surface area contributed by atoms with Crippen LogP contribution in [0.2, 0.25) is 0 Å². The number of ether oxygens (including phenoxy) is 1. The molecule has 1 N–H and O–H groups in total. The van der Waals surface area contributed by atoms with Crippen LogP contribution in [0.25, 0.3) is 11.3 Å². The minimum atomic E-state index is 0.584. The molecule has 1 fully saturated rings. The number of piperidine rings is 1. The number of hydrogen-bond acceptors (Lipinski definition) is 1. The Morgan fingerprint density at radius 1 is 0.885 bits per heavy atom. The van der Waals surface area contributed by atoms with Gasteiger partial charge in [-0.2, -0.15) is 0 Å². The van der Waals surface area contributed by atoms with Gasteiger partial charge in [0.1, 0.15) is 5.75 Å². The zero-order valence-corrected chi connectivity index (χ0v) is 15.6. The molecule has 134 valence electrons. The van der Waals surface area contributed by atoms with Gasteiger partial charge in [-0.05, 0) is 29.2 Å². The second-order valence-electron chi connectivity index (χ2n) is 7.48. The van der Waals surface area contributed by atoms with Gasteiger partial charge in [0.15, 0.2) is 0 Å². The summed E-state index contributed by atoms with van der Waals surface area (Å²) in [6.45, 7) is 2.27. The highest BCUT2D eigenvalue weighted by Crippen LogP contribution is 2.38. The fraction of sp³-hybridized carbons (Fsp3) is 0.304. The number of hydrogen-bond donors (Lipinski definition) is 1. The van der Waals surface area contributed by atoms with Crippen LogP contribution in [-0.2, 0) is 0 Å². The fourth-order valence-electron chi connectivity index (χ4n) is 4.18. The van der Waals surface area contributed by atoms with Gasteiger partial charge in [0.05, 0.1) is 32.9 Å². The lowest BCUT2D eigenvalue weighted by Gasteiger charge is -2.39. The van der Waals surface area contributed by atoms with Gasteiger partial charge in [-0.15, -0.1) is 0 Å². The quantitative estimate of drug-likeness (QED) is 0.644. The topological polar surface area (TPSA) is 25.0 Å². The van der Waals surface area contributed by atoms with Crippen molar-refractivity contribution in [1.82, 2.24) is 9.47 Å². The Labute approximate surface area is 155 Å². The second kappa shape index (κ2) is 7.00. The lowest BCUT2D eigenvalue weighted by atomic mass is 9.88. The number of nitrogens with one attached hydrogen (secondary N) is 1. The number of benzene rings is 2. The molecule has 0 spiro atoms. The molecule has 4 rings (SSSR count). The maximum absolute atomic E-state index is 5.58. The van der Waals surface area contributed by atoms with E-state index in [4.69, 9.17) is 4.74 Å². The number of aromatic nitrogens is 1. The van der Waals surface area contributed by atoms with Crippen molar-refractivity contribution in [3.05, 3.63) is 72.3 Å². The van der Waals surface area contributed by atoms with Gasteiger partial charge in [-0.1, -0.05) is 48.5 Å². The number of quaternary nitrogens is 1. The van der Waals surface area contributed by atoms with Crippen molar-refractivity contribution >= 4 is 5.82 Å². The predicted octanol–water partition coefficient (Wildman–Crippen LogP) is 5.21. The van der Waals surface area contributed by atoms with Gasteiger partial charge < -0.3 is 9.72 Å². The summed E-state index contributed by atoms with van der Waals surface area (Å²) in [4.78, 5) is 3.66. The summed E-state index contributed by atoms with van der Waals surface area (Å²) in [5, 5.41) is 0. The van der Waals surface area contributed by atoms with E-state index in [1.807, 2.05) is 0 Å². The van der Waals surface area contributed by atoms with Crippen LogP contribution in [0, 0.1) is 0 Å². The van der Waals surface area contributed by atoms with Crippen molar-refractivity contribution in [2.75, 3.05) is 27.2 Å². The van der Waals surface area contributed by atoms with Gasteiger partial charge >= 0.3 is 0 Å². The van der Waals surface area contributed by atoms with Gasteiger partial charge in [0.2, 0.25) is 5.82 Å². The van der Waals surface area contributed by atoms with E-state index in [-0.39, 0.29) is 0 Å². The van der Waals surface area contributed by atoms with Gasteiger partial charge in [-0.3, -0.25) is 4.48 Å². The highest BCUT2D eigenvalue weighted by atomic mass is 16.5. The van der Waals surface area contributed by atoms with E-state index in [9.17, 15) is 0 Å². The summed E-state index contributed by atoms with van der Waals surface area (Å²) in [6.07, 6.45) is 2.35. The molecule has 0 atom stereocenters. The van der Waals surface area contributed by atoms with Crippen LogP contribution in [0.5, 0.6) is 5.75 Å². The highest BCUT2D eigenvalue weighted by Gasteiger charge is 2.34. The summed E-state index contributed by atoms with van der Waals surface area (Å²) < 4.78 is 6.55. The molecule has 3 aromatic rings. The Hall–Kier alpha value is -2.52. The second-order valence-corrected chi connectivity index (χ2v) is 7.48. The molecule has 3 heteroatoms. The molecule has 0 bridgehead atoms. The van der Waals surface area contributed by atoms with E-state index >= 15 is 0 Å². The van der Waals surface area contributed by atoms with Crippen LogP contribution in [0.15, 0.2) is 66.7 Å². The van der Waals surface area contributed by atoms with Crippen LogP contribution < -0.4 is 9.22 Å². The molecule has 1 aliphatic heterocycles. The smallest absolute Gasteiger partial charge is 0.205 e. The first kappa shape index (κ1) is 16.9. The summed E-state index contributed by atoms with van der Waals surface area (Å²) in [5.74, 6) is 2.92. The third kappa shape index (κ3) is 3.15. The number of aromatic amines is 1. The maximum atomic E-state index is 5.58. The third-order valence-electron chi connectivity index (χ3n) is 5.86. The molecule has 0 unspecified atom stereocenters. The zero-order chi connectivity index (χ0) is 18.0. The molecule has 0 amide bonds. The Bertz CT molecular complexity index is 861. The normalized spacial score (nSPS) is 22.9. The van der Waals surface area contributed by atoms with Crippen LogP contribution in [0.4, 0.5) is 5.82 Å². The molecule has 1 saturated heterocycles. The number of methoxy groups -OCH3 is 1. The van der Waals surface area contributed by atoms with Crippen molar-refractivity contribution in [2.24, 2.45) is 0 Å². The minimum Gasteiger partial charge on any atom is -0.496 e. The van der Waals surface area contributed by atoms with Gasteiger partial charge in [0, 0.05) is 18.9 Å². The van der Waals surface area contributed by atoms with Crippen LogP contribution in [0.3, 0.4) is 0 Å². The molecule has 1 aromatic heterocycles. The lowest BCUT2D eigenvalue weighted by molar-refractivity contribution is 0.247. The summed E-state index contributed by atoms with van der Waals surface area (Å²) in [5.41, 5.74) is 3.80. The first-order valence-electron chi connectivity index (χ1n) is 9.42.